The second-order valence-electron chi connectivity index (χ2n) is 7.46. The SMILES string of the molecule is CCCCCCCCNC(CNC(=O)OC(C)(C)C)C(C)C. The van der Waals surface area contributed by atoms with Gasteiger partial charge >= 0.3 is 6.09 Å². The number of amides is 1. The molecule has 0 aliphatic carbocycles. The third-order valence-corrected chi connectivity index (χ3v) is 3.61. The smallest absolute Gasteiger partial charge is 0.407 e. The molecule has 0 saturated carbocycles. The Hall–Kier alpha value is -0.770. The summed E-state index contributed by atoms with van der Waals surface area (Å²) in [4.78, 5) is 11.7. The van der Waals surface area contributed by atoms with Crippen molar-refractivity contribution in [1.29, 1.82) is 0 Å². The zero-order valence-electron chi connectivity index (χ0n) is 15.6. The minimum atomic E-state index is -0.441. The van der Waals surface area contributed by atoms with E-state index in [4.69, 9.17) is 4.74 Å². The Morgan fingerprint density at radius 2 is 1.64 bits per heavy atom. The number of hydrogen-bond acceptors (Lipinski definition) is 3. The van der Waals surface area contributed by atoms with E-state index < -0.39 is 5.60 Å². The normalized spacial score (nSPS) is 13.2. The minimum absolute atomic E-state index is 0.295. The molecule has 22 heavy (non-hydrogen) atoms. The molecule has 0 aliphatic heterocycles. The zero-order chi connectivity index (χ0) is 17.0. The molecule has 4 heteroatoms. The number of hydrogen-bond donors (Lipinski definition) is 2. The average molecular weight is 315 g/mol. The van der Waals surface area contributed by atoms with Crippen LogP contribution in [0.15, 0.2) is 0 Å². The monoisotopic (exact) mass is 314 g/mol. The molecule has 0 aromatic carbocycles. The molecule has 0 heterocycles. The molecule has 0 aromatic heterocycles. The van der Waals surface area contributed by atoms with Crippen molar-refractivity contribution in [2.75, 3.05) is 13.1 Å². The summed E-state index contributed by atoms with van der Waals surface area (Å²) in [6.45, 7) is 13.9. The number of unbranched alkanes of at least 4 members (excludes halogenated alkanes) is 5. The van der Waals surface area contributed by atoms with Crippen LogP contribution in [0.4, 0.5) is 4.79 Å². The van der Waals surface area contributed by atoms with E-state index in [2.05, 4.69) is 31.4 Å². The van der Waals surface area contributed by atoms with E-state index in [0.29, 0.717) is 18.5 Å². The summed E-state index contributed by atoms with van der Waals surface area (Å²) >= 11 is 0. The topological polar surface area (TPSA) is 50.4 Å². The van der Waals surface area contributed by atoms with Gasteiger partial charge in [0.05, 0.1) is 0 Å². The Bertz CT molecular complexity index is 285. The van der Waals surface area contributed by atoms with Crippen molar-refractivity contribution in [2.24, 2.45) is 5.92 Å². The van der Waals surface area contributed by atoms with Gasteiger partial charge in [-0.2, -0.15) is 0 Å². The first-order valence-corrected chi connectivity index (χ1v) is 8.96. The summed E-state index contributed by atoms with van der Waals surface area (Å²) in [7, 11) is 0. The molecule has 4 nitrogen and oxygen atoms in total. The first-order chi connectivity index (χ1) is 10.3. The summed E-state index contributed by atoms with van der Waals surface area (Å²) in [5, 5.41) is 6.42. The Balaban J connectivity index is 3.85. The lowest BCUT2D eigenvalue weighted by Gasteiger charge is -2.25. The van der Waals surface area contributed by atoms with E-state index in [1.54, 1.807) is 0 Å². The van der Waals surface area contributed by atoms with Crippen molar-refractivity contribution >= 4 is 6.09 Å². The lowest BCUT2D eigenvalue weighted by Crippen LogP contribution is -2.45. The van der Waals surface area contributed by atoms with Gasteiger partial charge in [-0.15, -0.1) is 0 Å². The highest BCUT2D eigenvalue weighted by molar-refractivity contribution is 5.67. The van der Waals surface area contributed by atoms with Crippen LogP contribution >= 0.6 is 0 Å². The molecule has 2 N–H and O–H groups in total. The highest BCUT2D eigenvalue weighted by Crippen LogP contribution is 2.08. The molecule has 0 bridgehead atoms. The van der Waals surface area contributed by atoms with Gasteiger partial charge in [0.2, 0.25) is 0 Å². The number of carbonyl (C=O) groups excluding carboxylic acids is 1. The van der Waals surface area contributed by atoms with E-state index in [1.165, 1.54) is 38.5 Å². The molecular formula is C18H38N2O2. The third kappa shape index (κ3) is 12.9. The van der Waals surface area contributed by atoms with Crippen molar-refractivity contribution in [1.82, 2.24) is 10.6 Å². The van der Waals surface area contributed by atoms with Crippen molar-refractivity contribution in [3.05, 3.63) is 0 Å². The van der Waals surface area contributed by atoms with Crippen LogP contribution in [-0.4, -0.2) is 30.8 Å². The summed E-state index contributed by atoms with van der Waals surface area (Å²) in [6.07, 6.45) is 7.49. The van der Waals surface area contributed by atoms with Crippen LogP contribution in [0.3, 0.4) is 0 Å². The number of ether oxygens (including phenoxy) is 1. The summed E-state index contributed by atoms with van der Waals surface area (Å²) in [5.41, 5.74) is -0.441. The molecule has 0 aliphatic rings. The Morgan fingerprint density at radius 1 is 1.05 bits per heavy atom. The van der Waals surface area contributed by atoms with Crippen molar-refractivity contribution in [3.63, 3.8) is 0 Å². The van der Waals surface area contributed by atoms with E-state index in [0.717, 1.165) is 6.54 Å². The third-order valence-electron chi connectivity index (χ3n) is 3.61. The fourth-order valence-corrected chi connectivity index (χ4v) is 2.24. The molecule has 132 valence electrons. The van der Waals surface area contributed by atoms with Crippen molar-refractivity contribution in [2.45, 2.75) is 91.7 Å². The highest BCUT2D eigenvalue weighted by Gasteiger charge is 2.18. The van der Waals surface area contributed by atoms with Gasteiger partial charge in [-0.05, 0) is 39.7 Å². The van der Waals surface area contributed by atoms with Gasteiger partial charge in [0.1, 0.15) is 5.60 Å². The second-order valence-corrected chi connectivity index (χ2v) is 7.46. The van der Waals surface area contributed by atoms with E-state index in [-0.39, 0.29) is 6.09 Å². The number of nitrogens with one attached hydrogen (secondary N) is 2. The van der Waals surface area contributed by atoms with Gasteiger partial charge in [-0.1, -0.05) is 52.9 Å². The lowest BCUT2D eigenvalue weighted by molar-refractivity contribution is 0.0519. The quantitative estimate of drug-likeness (QED) is 0.553. The Morgan fingerprint density at radius 3 is 2.18 bits per heavy atom. The molecule has 0 saturated heterocycles. The largest absolute Gasteiger partial charge is 0.444 e. The second kappa shape index (κ2) is 11.8. The van der Waals surface area contributed by atoms with Gasteiger partial charge in [-0.25, -0.2) is 4.79 Å². The predicted molar refractivity (Wildman–Crippen MR) is 94.2 cm³/mol. The summed E-state index contributed by atoms with van der Waals surface area (Å²) in [5.74, 6) is 0.482. The molecule has 0 aromatic rings. The van der Waals surface area contributed by atoms with Gasteiger partial charge in [0, 0.05) is 12.6 Å². The summed E-state index contributed by atoms with van der Waals surface area (Å²) in [6, 6.07) is 0.295. The summed E-state index contributed by atoms with van der Waals surface area (Å²) < 4.78 is 5.27. The van der Waals surface area contributed by atoms with Crippen LogP contribution in [0, 0.1) is 5.92 Å². The lowest BCUT2D eigenvalue weighted by atomic mass is 10.0. The Kier molecular flexibility index (Phi) is 11.3. The van der Waals surface area contributed by atoms with E-state index in [1.807, 2.05) is 20.8 Å². The van der Waals surface area contributed by atoms with E-state index in [9.17, 15) is 4.79 Å². The predicted octanol–water partition coefficient (Wildman–Crippen LogP) is 4.49. The van der Waals surface area contributed by atoms with Crippen LogP contribution in [0.2, 0.25) is 0 Å². The highest BCUT2D eigenvalue weighted by atomic mass is 16.6. The molecule has 0 fully saturated rings. The number of carbonyl (C=O) groups is 1. The molecule has 0 spiro atoms. The molecule has 0 radical (unpaired) electrons. The van der Waals surface area contributed by atoms with Gasteiger partial charge in [-0.3, -0.25) is 0 Å². The van der Waals surface area contributed by atoms with Crippen LogP contribution < -0.4 is 10.6 Å². The standard InChI is InChI=1S/C18H38N2O2/c1-7-8-9-10-11-12-13-19-16(15(2)3)14-20-17(21)22-18(4,5)6/h15-16,19H,7-14H2,1-6H3,(H,20,21). The van der Waals surface area contributed by atoms with Crippen LogP contribution in [0.25, 0.3) is 0 Å². The number of alkyl carbamates (subject to hydrolysis) is 1. The zero-order valence-corrected chi connectivity index (χ0v) is 15.6. The van der Waals surface area contributed by atoms with Crippen LogP contribution in [0.5, 0.6) is 0 Å². The first-order valence-electron chi connectivity index (χ1n) is 8.96. The van der Waals surface area contributed by atoms with Crippen LogP contribution in [-0.2, 0) is 4.74 Å². The van der Waals surface area contributed by atoms with Crippen molar-refractivity contribution in [3.8, 4) is 0 Å². The molecule has 0 rings (SSSR count). The Labute approximate surface area is 137 Å². The van der Waals surface area contributed by atoms with Crippen LogP contribution in [0.1, 0.15) is 80.1 Å². The van der Waals surface area contributed by atoms with Gasteiger partial charge in [0.15, 0.2) is 0 Å². The minimum Gasteiger partial charge on any atom is -0.444 e. The fourth-order valence-electron chi connectivity index (χ4n) is 2.24. The average Bonchev–Trinajstić information content (AvgIpc) is 2.38. The van der Waals surface area contributed by atoms with Crippen molar-refractivity contribution < 1.29 is 9.53 Å². The van der Waals surface area contributed by atoms with Gasteiger partial charge in [0.25, 0.3) is 0 Å². The maximum Gasteiger partial charge on any atom is 0.407 e. The molecule has 1 amide bonds. The molecule has 1 atom stereocenters. The first kappa shape index (κ1) is 21.2. The number of rotatable bonds is 11. The molecule has 1 unspecified atom stereocenters. The van der Waals surface area contributed by atoms with E-state index >= 15 is 0 Å². The maximum absolute atomic E-state index is 11.7. The maximum atomic E-state index is 11.7. The fraction of sp³-hybridized carbons (Fsp3) is 0.944. The van der Waals surface area contributed by atoms with Gasteiger partial charge < -0.3 is 15.4 Å². The molecular weight excluding hydrogens is 276 g/mol.